The van der Waals surface area contributed by atoms with Gasteiger partial charge in [-0.25, -0.2) is 9.29 Å². The van der Waals surface area contributed by atoms with Crippen LogP contribution in [0.15, 0.2) is 42.5 Å². The van der Waals surface area contributed by atoms with Gasteiger partial charge in [0.1, 0.15) is 23.7 Å². The van der Waals surface area contributed by atoms with Crippen LogP contribution < -0.4 is 0 Å². The van der Waals surface area contributed by atoms with Crippen molar-refractivity contribution in [3.05, 3.63) is 71.0 Å². The minimum atomic E-state index is -4.71. The minimum Gasteiger partial charge on any atom is -0.375 e. The van der Waals surface area contributed by atoms with Gasteiger partial charge in [-0.15, -0.1) is 0 Å². The number of amides is 1. The summed E-state index contributed by atoms with van der Waals surface area (Å²) >= 11 is 0. The van der Waals surface area contributed by atoms with Gasteiger partial charge in [0, 0.05) is 6.54 Å². The molecular formula is C23H23F4N2O4. The van der Waals surface area contributed by atoms with Crippen molar-refractivity contribution in [2.45, 2.75) is 56.8 Å². The topological polar surface area (TPSA) is 73.2 Å². The Morgan fingerprint density at radius 1 is 1.30 bits per heavy atom. The Labute approximate surface area is 188 Å². The summed E-state index contributed by atoms with van der Waals surface area (Å²) in [6.07, 6.45) is -6.96. The number of ether oxygens (including phenoxy) is 1. The Balaban J connectivity index is 1.57. The van der Waals surface area contributed by atoms with Gasteiger partial charge in [-0.2, -0.15) is 13.2 Å². The molecule has 2 aromatic rings. The molecule has 1 aliphatic heterocycles. The van der Waals surface area contributed by atoms with Gasteiger partial charge >= 0.3 is 6.18 Å². The third kappa shape index (κ3) is 4.35. The molecule has 6 nitrogen and oxygen atoms in total. The van der Waals surface area contributed by atoms with Gasteiger partial charge in [0.15, 0.2) is 0 Å². The largest absolute Gasteiger partial charge is 0.408 e. The van der Waals surface area contributed by atoms with E-state index >= 15 is 0 Å². The predicted octanol–water partition coefficient (Wildman–Crippen LogP) is 2.67. The van der Waals surface area contributed by atoms with Crippen LogP contribution in [-0.2, 0) is 28.1 Å². The number of aliphatic hydroxyl groups is 2. The molecule has 4 rings (SSSR count). The molecule has 1 fully saturated rings. The summed E-state index contributed by atoms with van der Waals surface area (Å²) in [5.74, 6) is -1.52. The average molecular weight is 467 g/mol. The van der Waals surface area contributed by atoms with Crippen LogP contribution >= 0.6 is 0 Å². The molecule has 0 bridgehead atoms. The Hall–Kier alpha value is -2.53. The fourth-order valence-corrected chi connectivity index (χ4v) is 4.45. The summed E-state index contributed by atoms with van der Waals surface area (Å²) in [5, 5.41) is 21.5. The van der Waals surface area contributed by atoms with E-state index in [2.05, 4.69) is 6.07 Å². The number of alkyl halides is 3. The molecule has 4 atom stereocenters. The first-order valence-corrected chi connectivity index (χ1v) is 10.4. The number of benzene rings is 2. The molecule has 177 valence electrons. The third-order valence-electron chi connectivity index (χ3n) is 6.35. The van der Waals surface area contributed by atoms with Crippen LogP contribution in [-0.4, -0.2) is 57.3 Å². The Morgan fingerprint density at radius 3 is 2.67 bits per heavy atom. The zero-order chi connectivity index (χ0) is 24.0. The molecule has 33 heavy (non-hydrogen) atoms. The summed E-state index contributed by atoms with van der Waals surface area (Å²) in [6, 6.07) is 10.6. The maximum atomic E-state index is 13.5. The molecule has 2 aliphatic rings. The highest BCUT2D eigenvalue weighted by Gasteiger charge is 2.57. The first-order valence-electron chi connectivity index (χ1n) is 10.4. The lowest BCUT2D eigenvalue weighted by Gasteiger charge is -2.33. The summed E-state index contributed by atoms with van der Waals surface area (Å²) in [6.45, 7) is -0.287. The van der Waals surface area contributed by atoms with Crippen LogP contribution in [0, 0.1) is 11.9 Å². The highest BCUT2D eigenvalue weighted by molar-refractivity contribution is 5.78. The molecule has 1 spiro atoms. The lowest BCUT2D eigenvalue weighted by atomic mass is 9.94. The number of halogens is 4. The normalized spacial score (nSPS) is 25.9. The third-order valence-corrected chi connectivity index (χ3v) is 6.35. The van der Waals surface area contributed by atoms with E-state index < -0.39 is 55.3 Å². The molecule has 3 unspecified atom stereocenters. The Morgan fingerprint density at radius 2 is 2.00 bits per heavy atom. The highest BCUT2D eigenvalue weighted by atomic mass is 19.4. The first-order chi connectivity index (χ1) is 15.5. The number of aryl methyl sites for hydroxylation is 1. The number of fused-ring (bicyclic) bond motifs is 2. The summed E-state index contributed by atoms with van der Waals surface area (Å²) in [4.78, 5) is 14.6. The number of rotatable bonds is 5. The van der Waals surface area contributed by atoms with Gasteiger partial charge in [-0.3, -0.25) is 4.79 Å². The van der Waals surface area contributed by atoms with E-state index in [1.807, 2.05) is 0 Å². The molecule has 0 saturated carbocycles. The number of aliphatic hydroxyl groups excluding tert-OH is 2. The van der Waals surface area contributed by atoms with Crippen molar-refractivity contribution in [3.8, 4) is 0 Å². The molecular weight excluding hydrogens is 444 g/mol. The number of hydrogen-bond acceptors (Lipinski definition) is 5. The quantitative estimate of drug-likeness (QED) is 0.662. The van der Waals surface area contributed by atoms with E-state index in [1.165, 1.54) is 12.1 Å². The molecule has 1 amide bonds. The van der Waals surface area contributed by atoms with Crippen molar-refractivity contribution in [1.29, 1.82) is 0 Å². The van der Waals surface area contributed by atoms with Gasteiger partial charge in [0.25, 0.3) is 0 Å². The molecule has 10 heteroatoms. The first kappa shape index (κ1) is 23.6. The van der Waals surface area contributed by atoms with Crippen LogP contribution in [0.4, 0.5) is 17.6 Å². The second-order valence-electron chi connectivity index (χ2n) is 8.33. The predicted molar refractivity (Wildman–Crippen MR) is 108 cm³/mol. The standard InChI is InChI=1S/C23H23F4N2O4/c1-14(23(25,26)27)28(12-15-6-8-17(24)9-7-15)19(30)13-29-20(31)22(33-21(29)32)11-10-16-4-2-3-5-18(16)22/h3-9,14,20-21,31-32H,10-13H2,1H3/t14-,20?,21?,22?/m1/s1. The van der Waals surface area contributed by atoms with Crippen LogP contribution in [0.1, 0.15) is 30.0 Å². The Bertz CT molecular complexity index is 1020. The number of hydrogen-bond donors (Lipinski definition) is 2. The van der Waals surface area contributed by atoms with Gasteiger partial charge in [-0.05, 0) is 54.7 Å². The summed E-state index contributed by atoms with van der Waals surface area (Å²) < 4.78 is 59.4. The molecule has 0 aromatic heterocycles. The van der Waals surface area contributed by atoms with Gasteiger partial charge in [0.05, 0.1) is 6.54 Å². The summed E-state index contributed by atoms with van der Waals surface area (Å²) in [7, 11) is 0. The molecule has 1 heterocycles. The maximum Gasteiger partial charge on any atom is 0.408 e. The second-order valence-corrected chi connectivity index (χ2v) is 8.33. The van der Waals surface area contributed by atoms with E-state index in [-0.39, 0.29) is 0 Å². The van der Waals surface area contributed by atoms with Gasteiger partial charge in [-0.1, -0.05) is 30.3 Å². The SMILES string of the molecule is C[C@@H](N(Cc1ccc(F)cc1)C(=O)CN1C(O)OC2(CCc3c[c]ccc32)C1O)C(F)(F)F. The number of nitrogens with zero attached hydrogens (tertiary/aromatic N) is 2. The molecule has 1 radical (unpaired) electrons. The van der Waals surface area contributed by atoms with Crippen molar-refractivity contribution in [2.24, 2.45) is 0 Å². The maximum absolute atomic E-state index is 13.5. The number of carbonyl (C=O) groups excluding carboxylic acids is 1. The number of carbonyl (C=O) groups is 1. The molecule has 2 aromatic carbocycles. The Kier molecular flexibility index (Phi) is 6.21. The minimum absolute atomic E-state index is 0.303. The van der Waals surface area contributed by atoms with Crippen molar-refractivity contribution in [2.75, 3.05) is 6.54 Å². The van der Waals surface area contributed by atoms with Crippen LogP contribution in [0.2, 0.25) is 0 Å². The fraction of sp³-hybridized carbons (Fsp3) is 0.435. The fourth-order valence-electron chi connectivity index (χ4n) is 4.45. The molecule has 1 aliphatic carbocycles. The van der Waals surface area contributed by atoms with Crippen LogP contribution in [0.3, 0.4) is 0 Å². The zero-order valence-corrected chi connectivity index (χ0v) is 17.7. The molecule has 2 N–H and O–H groups in total. The van der Waals surface area contributed by atoms with Crippen molar-refractivity contribution < 1.29 is 37.3 Å². The average Bonchev–Trinajstić information content (AvgIpc) is 3.25. The van der Waals surface area contributed by atoms with E-state index in [0.29, 0.717) is 28.9 Å². The lowest BCUT2D eigenvalue weighted by molar-refractivity contribution is -0.194. The van der Waals surface area contributed by atoms with E-state index in [0.717, 1.165) is 29.5 Å². The van der Waals surface area contributed by atoms with Crippen molar-refractivity contribution >= 4 is 5.91 Å². The van der Waals surface area contributed by atoms with E-state index in [1.54, 1.807) is 18.2 Å². The van der Waals surface area contributed by atoms with Crippen molar-refractivity contribution in [3.63, 3.8) is 0 Å². The van der Waals surface area contributed by atoms with E-state index in [4.69, 9.17) is 4.74 Å². The summed E-state index contributed by atoms with van der Waals surface area (Å²) in [5.41, 5.74) is 0.536. The zero-order valence-electron chi connectivity index (χ0n) is 17.7. The van der Waals surface area contributed by atoms with Crippen LogP contribution in [0.5, 0.6) is 0 Å². The van der Waals surface area contributed by atoms with Gasteiger partial charge in [0.2, 0.25) is 12.3 Å². The molecule has 1 saturated heterocycles. The van der Waals surface area contributed by atoms with Crippen molar-refractivity contribution in [1.82, 2.24) is 9.80 Å². The smallest absolute Gasteiger partial charge is 0.375 e. The highest BCUT2D eigenvalue weighted by Crippen LogP contribution is 2.48. The second kappa shape index (κ2) is 8.68. The van der Waals surface area contributed by atoms with Gasteiger partial charge < -0.3 is 19.8 Å². The van der Waals surface area contributed by atoms with E-state index in [9.17, 15) is 32.6 Å². The lowest BCUT2D eigenvalue weighted by Crippen LogP contribution is -2.52. The monoisotopic (exact) mass is 467 g/mol. The van der Waals surface area contributed by atoms with Crippen LogP contribution in [0.25, 0.3) is 0 Å².